The average Bonchev–Trinajstić information content (AvgIpc) is 2.93. The SMILES string of the molecule is CCn1ccnc1SCC(=O)Nc1c(Cl)cccc1C(F)(F)F. The van der Waals surface area contributed by atoms with Crippen molar-refractivity contribution in [2.75, 3.05) is 11.1 Å². The van der Waals surface area contributed by atoms with Crippen LogP contribution >= 0.6 is 23.4 Å². The molecular formula is C14H13ClF3N3OS. The Morgan fingerprint density at radius 2 is 2.17 bits per heavy atom. The van der Waals surface area contributed by atoms with Crippen molar-refractivity contribution in [3.8, 4) is 0 Å². The summed E-state index contributed by atoms with van der Waals surface area (Å²) in [6.07, 6.45) is -1.24. The molecule has 124 valence electrons. The zero-order chi connectivity index (χ0) is 17.0. The molecule has 4 nitrogen and oxygen atoms in total. The fraction of sp³-hybridized carbons (Fsp3) is 0.286. The molecule has 0 saturated heterocycles. The minimum absolute atomic E-state index is 0.0699. The molecule has 1 N–H and O–H groups in total. The Hall–Kier alpha value is -1.67. The summed E-state index contributed by atoms with van der Waals surface area (Å²) < 4.78 is 40.7. The molecular weight excluding hydrogens is 351 g/mol. The standard InChI is InChI=1S/C14H13ClF3N3OS/c1-2-21-7-6-19-13(21)23-8-11(22)20-12-9(14(16,17)18)4-3-5-10(12)15/h3-7H,2,8H2,1H3,(H,20,22). The number of hydrogen-bond acceptors (Lipinski definition) is 3. The molecule has 0 aliphatic rings. The molecule has 0 aliphatic heterocycles. The third-order valence-corrected chi connectivity index (χ3v) is 4.25. The largest absolute Gasteiger partial charge is 0.418 e. The van der Waals surface area contributed by atoms with Gasteiger partial charge in [-0.1, -0.05) is 29.4 Å². The number of para-hydroxylation sites is 1. The van der Waals surface area contributed by atoms with Gasteiger partial charge in [0.1, 0.15) is 0 Å². The van der Waals surface area contributed by atoms with Crippen molar-refractivity contribution in [1.29, 1.82) is 0 Å². The lowest BCUT2D eigenvalue weighted by Gasteiger charge is -2.15. The molecule has 0 saturated carbocycles. The zero-order valence-electron chi connectivity index (χ0n) is 12.0. The fourth-order valence-electron chi connectivity index (χ4n) is 1.87. The first-order valence-electron chi connectivity index (χ1n) is 6.62. The Kier molecular flexibility index (Phi) is 5.59. The van der Waals surface area contributed by atoms with Gasteiger partial charge in [0.05, 0.1) is 22.0 Å². The first kappa shape index (κ1) is 17.7. The Morgan fingerprint density at radius 1 is 1.43 bits per heavy atom. The van der Waals surface area contributed by atoms with E-state index >= 15 is 0 Å². The van der Waals surface area contributed by atoms with Crippen molar-refractivity contribution in [1.82, 2.24) is 9.55 Å². The number of imidazole rings is 1. The second kappa shape index (κ2) is 7.27. The van der Waals surface area contributed by atoms with Gasteiger partial charge >= 0.3 is 6.18 Å². The van der Waals surface area contributed by atoms with Gasteiger partial charge in [0.25, 0.3) is 0 Å². The normalized spacial score (nSPS) is 11.5. The van der Waals surface area contributed by atoms with Crippen LogP contribution in [0.1, 0.15) is 12.5 Å². The summed E-state index contributed by atoms with van der Waals surface area (Å²) in [6, 6.07) is 3.36. The first-order valence-corrected chi connectivity index (χ1v) is 7.98. The van der Waals surface area contributed by atoms with Crippen LogP contribution in [0.2, 0.25) is 5.02 Å². The summed E-state index contributed by atoms with van der Waals surface area (Å²) in [6.45, 7) is 2.61. The predicted molar refractivity (Wildman–Crippen MR) is 83.7 cm³/mol. The molecule has 23 heavy (non-hydrogen) atoms. The van der Waals surface area contributed by atoms with E-state index in [0.29, 0.717) is 11.7 Å². The lowest BCUT2D eigenvalue weighted by molar-refractivity contribution is -0.137. The number of nitrogens with one attached hydrogen (secondary N) is 1. The molecule has 0 atom stereocenters. The van der Waals surface area contributed by atoms with Crippen LogP contribution in [-0.2, 0) is 17.5 Å². The van der Waals surface area contributed by atoms with Gasteiger partial charge < -0.3 is 9.88 Å². The first-order chi connectivity index (χ1) is 10.8. The van der Waals surface area contributed by atoms with Gasteiger partial charge in [0, 0.05) is 18.9 Å². The quantitative estimate of drug-likeness (QED) is 0.805. The van der Waals surface area contributed by atoms with E-state index in [1.165, 1.54) is 12.1 Å². The molecule has 9 heteroatoms. The lowest BCUT2D eigenvalue weighted by Crippen LogP contribution is -2.18. The van der Waals surface area contributed by atoms with Crippen LogP contribution in [0.25, 0.3) is 0 Å². The molecule has 1 aromatic carbocycles. The van der Waals surface area contributed by atoms with Crippen LogP contribution < -0.4 is 5.32 Å². The monoisotopic (exact) mass is 363 g/mol. The molecule has 1 amide bonds. The highest BCUT2D eigenvalue weighted by Gasteiger charge is 2.34. The van der Waals surface area contributed by atoms with Crippen LogP contribution in [0, 0.1) is 0 Å². The Balaban J connectivity index is 2.09. The van der Waals surface area contributed by atoms with Crippen molar-refractivity contribution < 1.29 is 18.0 Å². The summed E-state index contributed by atoms with van der Waals surface area (Å²) >= 11 is 6.93. The van der Waals surface area contributed by atoms with Crippen molar-refractivity contribution >= 4 is 35.0 Å². The van der Waals surface area contributed by atoms with Gasteiger partial charge in [0.15, 0.2) is 5.16 Å². The number of benzene rings is 1. The number of thioether (sulfide) groups is 1. The molecule has 1 heterocycles. The van der Waals surface area contributed by atoms with E-state index in [2.05, 4.69) is 10.3 Å². The van der Waals surface area contributed by atoms with E-state index < -0.39 is 23.3 Å². The van der Waals surface area contributed by atoms with E-state index in [-0.39, 0.29) is 10.8 Å². The molecule has 0 spiro atoms. The van der Waals surface area contributed by atoms with Crippen molar-refractivity contribution in [2.24, 2.45) is 0 Å². The minimum Gasteiger partial charge on any atom is -0.326 e. The topological polar surface area (TPSA) is 46.9 Å². The maximum atomic E-state index is 13.0. The summed E-state index contributed by atoms with van der Waals surface area (Å²) in [7, 11) is 0. The minimum atomic E-state index is -4.60. The van der Waals surface area contributed by atoms with Crippen LogP contribution in [0.4, 0.5) is 18.9 Å². The van der Waals surface area contributed by atoms with Crippen LogP contribution in [0.5, 0.6) is 0 Å². The molecule has 0 radical (unpaired) electrons. The number of carbonyl (C=O) groups excluding carboxylic acids is 1. The second-order valence-electron chi connectivity index (χ2n) is 4.49. The lowest BCUT2D eigenvalue weighted by atomic mass is 10.1. The maximum Gasteiger partial charge on any atom is 0.418 e. The van der Waals surface area contributed by atoms with Gasteiger partial charge in [-0.15, -0.1) is 0 Å². The highest BCUT2D eigenvalue weighted by atomic mass is 35.5. The Bertz CT molecular complexity index is 703. The predicted octanol–water partition coefficient (Wildman–Crippen LogP) is 4.31. The molecule has 2 rings (SSSR count). The number of aromatic nitrogens is 2. The zero-order valence-corrected chi connectivity index (χ0v) is 13.6. The van der Waals surface area contributed by atoms with E-state index in [1.807, 2.05) is 11.5 Å². The van der Waals surface area contributed by atoms with E-state index in [1.54, 1.807) is 12.4 Å². The number of aryl methyl sites for hydroxylation is 1. The number of amides is 1. The molecule has 0 aliphatic carbocycles. The fourth-order valence-corrected chi connectivity index (χ4v) is 2.91. The highest BCUT2D eigenvalue weighted by Crippen LogP contribution is 2.38. The van der Waals surface area contributed by atoms with Gasteiger partial charge in [-0.05, 0) is 19.1 Å². The van der Waals surface area contributed by atoms with Crippen LogP contribution in [-0.4, -0.2) is 21.2 Å². The summed E-state index contributed by atoms with van der Waals surface area (Å²) in [4.78, 5) is 16.0. The number of rotatable bonds is 5. The number of nitrogens with zero attached hydrogens (tertiary/aromatic N) is 2. The summed E-state index contributed by atoms with van der Waals surface area (Å²) in [5.41, 5.74) is -1.40. The van der Waals surface area contributed by atoms with Gasteiger partial charge in [-0.3, -0.25) is 4.79 Å². The molecule has 2 aromatic rings. The molecule has 0 unspecified atom stereocenters. The van der Waals surface area contributed by atoms with Crippen LogP contribution in [0.15, 0.2) is 35.7 Å². The number of alkyl halides is 3. The maximum absolute atomic E-state index is 13.0. The van der Waals surface area contributed by atoms with Gasteiger partial charge in [0.2, 0.25) is 5.91 Å². The highest BCUT2D eigenvalue weighted by molar-refractivity contribution is 7.99. The van der Waals surface area contributed by atoms with Gasteiger partial charge in [-0.2, -0.15) is 13.2 Å². The number of anilines is 1. The number of hydrogen-bond donors (Lipinski definition) is 1. The summed E-state index contributed by atoms with van der Waals surface area (Å²) in [5, 5.41) is 2.70. The number of carbonyl (C=O) groups is 1. The van der Waals surface area contributed by atoms with Crippen molar-refractivity contribution in [3.05, 3.63) is 41.2 Å². The van der Waals surface area contributed by atoms with E-state index in [9.17, 15) is 18.0 Å². The van der Waals surface area contributed by atoms with E-state index in [0.717, 1.165) is 17.8 Å². The summed E-state index contributed by atoms with van der Waals surface area (Å²) in [5.74, 6) is -0.654. The second-order valence-corrected chi connectivity index (χ2v) is 5.84. The Labute approximate surface area is 140 Å². The smallest absolute Gasteiger partial charge is 0.326 e. The third kappa shape index (κ3) is 4.42. The number of halogens is 4. The van der Waals surface area contributed by atoms with Crippen LogP contribution in [0.3, 0.4) is 0 Å². The molecule has 1 aromatic heterocycles. The van der Waals surface area contributed by atoms with E-state index in [4.69, 9.17) is 11.6 Å². The van der Waals surface area contributed by atoms with Crippen molar-refractivity contribution in [2.45, 2.75) is 24.8 Å². The third-order valence-electron chi connectivity index (χ3n) is 2.93. The molecule has 0 fully saturated rings. The van der Waals surface area contributed by atoms with Crippen molar-refractivity contribution in [3.63, 3.8) is 0 Å². The Morgan fingerprint density at radius 3 is 2.83 bits per heavy atom. The average molecular weight is 364 g/mol. The van der Waals surface area contributed by atoms with Gasteiger partial charge in [-0.25, -0.2) is 4.98 Å². The molecule has 0 bridgehead atoms.